The highest BCUT2D eigenvalue weighted by atomic mass is 16.7. The summed E-state index contributed by atoms with van der Waals surface area (Å²) >= 11 is 0. The lowest BCUT2D eigenvalue weighted by molar-refractivity contribution is -0.148. The van der Waals surface area contributed by atoms with E-state index >= 15 is 0 Å². The standard InChI is InChI=1S/C17H23NO5/c1-12(19)22-17(3,4)16(18-23-13(2)20)11-8-14-6-9-15(21-5)10-7-14/h6-7,9-10H,8,11H2,1-5H3. The number of oxime groups is 1. The SMILES string of the molecule is COc1ccc(CCC(=NOC(C)=O)C(C)(C)OC(C)=O)cc1. The highest BCUT2D eigenvalue weighted by molar-refractivity contribution is 5.93. The van der Waals surface area contributed by atoms with Crippen LogP contribution in [0.25, 0.3) is 0 Å². The Kier molecular flexibility index (Phi) is 6.75. The number of hydrogen-bond acceptors (Lipinski definition) is 6. The molecule has 0 radical (unpaired) electrons. The van der Waals surface area contributed by atoms with Crippen molar-refractivity contribution < 1.29 is 23.9 Å². The van der Waals surface area contributed by atoms with E-state index in [0.29, 0.717) is 18.6 Å². The number of ether oxygens (including phenoxy) is 2. The van der Waals surface area contributed by atoms with Crippen molar-refractivity contribution in [2.45, 2.75) is 46.1 Å². The van der Waals surface area contributed by atoms with Crippen molar-refractivity contribution in [3.8, 4) is 5.75 Å². The number of rotatable bonds is 7. The van der Waals surface area contributed by atoms with Gasteiger partial charge in [0.25, 0.3) is 0 Å². The Bertz CT molecular complexity index is 575. The Morgan fingerprint density at radius 1 is 1.09 bits per heavy atom. The van der Waals surface area contributed by atoms with E-state index in [-0.39, 0.29) is 0 Å². The molecule has 0 unspecified atom stereocenters. The summed E-state index contributed by atoms with van der Waals surface area (Å²) in [6, 6.07) is 7.63. The fourth-order valence-corrected chi connectivity index (χ4v) is 2.05. The predicted octanol–water partition coefficient (Wildman–Crippen LogP) is 2.89. The first-order valence-electron chi connectivity index (χ1n) is 7.32. The van der Waals surface area contributed by atoms with Crippen LogP contribution < -0.4 is 4.74 Å². The number of aryl methyl sites for hydroxylation is 1. The van der Waals surface area contributed by atoms with Crippen LogP contribution in [0.3, 0.4) is 0 Å². The third-order valence-corrected chi connectivity index (χ3v) is 3.19. The molecule has 0 amide bonds. The second-order valence-corrected chi connectivity index (χ2v) is 5.57. The molecular formula is C17H23NO5. The monoisotopic (exact) mass is 321 g/mol. The quantitative estimate of drug-likeness (QED) is 0.334. The summed E-state index contributed by atoms with van der Waals surface area (Å²) in [4.78, 5) is 27.0. The Hall–Kier alpha value is -2.37. The molecule has 6 heteroatoms. The van der Waals surface area contributed by atoms with E-state index in [1.165, 1.54) is 13.8 Å². The summed E-state index contributed by atoms with van der Waals surface area (Å²) in [7, 11) is 1.61. The molecule has 1 rings (SSSR count). The zero-order valence-corrected chi connectivity index (χ0v) is 14.2. The van der Waals surface area contributed by atoms with Gasteiger partial charge in [-0.15, -0.1) is 0 Å². The number of carbonyl (C=O) groups excluding carboxylic acids is 2. The first kappa shape index (κ1) is 18.7. The molecule has 6 nitrogen and oxygen atoms in total. The lowest BCUT2D eigenvalue weighted by Gasteiger charge is -2.25. The number of hydrogen-bond donors (Lipinski definition) is 0. The van der Waals surface area contributed by atoms with Gasteiger partial charge in [-0.05, 0) is 44.4 Å². The minimum Gasteiger partial charge on any atom is -0.497 e. The molecule has 0 N–H and O–H groups in total. The maximum absolute atomic E-state index is 11.2. The van der Waals surface area contributed by atoms with E-state index < -0.39 is 17.5 Å². The maximum Gasteiger partial charge on any atom is 0.331 e. The summed E-state index contributed by atoms with van der Waals surface area (Å²) in [5.74, 6) is -0.164. The number of benzene rings is 1. The topological polar surface area (TPSA) is 74.2 Å². The predicted molar refractivity (Wildman–Crippen MR) is 86.4 cm³/mol. The van der Waals surface area contributed by atoms with Crippen LogP contribution in [-0.4, -0.2) is 30.4 Å². The molecule has 0 bridgehead atoms. The maximum atomic E-state index is 11.2. The van der Waals surface area contributed by atoms with Gasteiger partial charge in [-0.2, -0.15) is 0 Å². The molecule has 0 spiro atoms. The van der Waals surface area contributed by atoms with Crippen molar-refractivity contribution in [3.05, 3.63) is 29.8 Å². The number of carbonyl (C=O) groups is 2. The van der Waals surface area contributed by atoms with Crippen molar-refractivity contribution in [3.63, 3.8) is 0 Å². The average Bonchev–Trinajstić information content (AvgIpc) is 2.45. The molecule has 0 aromatic heterocycles. The summed E-state index contributed by atoms with van der Waals surface area (Å²) in [6.07, 6.45) is 1.15. The van der Waals surface area contributed by atoms with Crippen LogP contribution in [0.15, 0.2) is 29.4 Å². The largest absolute Gasteiger partial charge is 0.497 e. The average molecular weight is 321 g/mol. The number of nitrogens with zero attached hydrogens (tertiary/aromatic N) is 1. The summed E-state index contributed by atoms with van der Waals surface area (Å²) in [5, 5.41) is 3.86. The van der Waals surface area contributed by atoms with Gasteiger partial charge < -0.3 is 14.3 Å². The lowest BCUT2D eigenvalue weighted by atomic mass is 9.96. The molecule has 0 aliphatic carbocycles. The van der Waals surface area contributed by atoms with Gasteiger partial charge in [0.2, 0.25) is 0 Å². The van der Waals surface area contributed by atoms with E-state index in [0.717, 1.165) is 11.3 Å². The van der Waals surface area contributed by atoms with Crippen LogP contribution in [0.1, 0.15) is 39.7 Å². The van der Waals surface area contributed by atoms with Crippen molar-refractivity contribution >= 4 is 17.7 Å². The molecule has 0 aliphatic rings. The fourth-order valence-electron chi connectivity index (χ4n) is 2.05. The normalized spacial score (nSPS) is 11.8. The van der Waals surface area contributed by atoms with Crippen molar-refractivity contribution in [1.82, 2.24) is 0 Å². The second kappa shape index (κ2) is 8.31. The van der Waals surface area contributed by atoms with Gasteiger partial charge in [-0.25, -0.2) is 4.79 Å². The van der Waals surface area contributed by atoms with Crippen LogP contribution in [-0.2, 0) is 25.6 Å². The highest BCUT2D eigenvalue weighted by Gasteiger charge is 2.29. The third-order valence-electron chi connectivity index (χ3n) is 3.19. The van der Waals surface area contributed by atoms with Gasteiger partial charge in [0.05, 0.1) is 7.11 Å². The van der Waals surface area contributed by atoms with Gasteiger partial charge in [0.15, 0.2) is 0 Å². The zero-order valence-electron chi connectivity index (χ0n) is 14.2. The van der Waals surface area contributed by atoms with Crippen LogP contribution in [0, 0.1) is 0 Å². The summed E-state index contributed by atoms with van der Waals surface area (Å²) in [5.41, 5.74) is 0.604. The molecule has 0 saturated heterocycles. The van der Waals surface area contributed by atoms with Crippen molar-refractivity contribution in [2.24, 2.45) is 5.16 Å². The van der Waals surface area contributed by atoms with Gasteiger partial charge in [0.1, 0.15) is 17.1 Å². The van der Waals surface area contributed by atoms with E-state index in [2.05, 4.69) is 5.16 Å². The fraction of sp³-hybridized carbons (Fsp3) is 0.471. The number of esters is 1. The Balaban J connectivity index is 2.85. The smallest absolute Gasteiger partial charge is 0.331 e. The number of methoxy groups -OCH3 is 1. The first-order valence-corrected chi connectivity index (χ1v) is 7.32. The molecule has 1 aromatic rings. The molecular weight excluding hydrogens is 298 g/mol. The minimum atomic E-state index is -0.951. The third kappa shape index (κ3) is 6.50. The Labute approximate surface area is 136 Å². The lowest BCUT2D eigenvalue weighted by Crippen LogP contribution is -2.37. The van der Waals surface area contributed by atoms with Gasteiger partial charge in [0, 0.05) is 13.8 Å². The van der Waals surface area contributed by atoms with E-state index in [4.69, 9.17) is 14.3 Å². The van der Waals surface area contributed by atoms with Crippen molar-refractivity contribution in [2.75, 3.05) is 7.11 Å². The minimum absolute atomic E-state index is 0.421. The second-order valence-electron chi connectivity index (χ2n) is 5.57. The van der Waals surface area contributed by atoms with E-state index in [1.54, 1.807) is 21.0 Å². The van der Waals surface area contributed by atoms with Gasteiger partial charge in [-0.1, -0.05) is 17.3 Å². The summed E-state index contributed by atoms with van der Waals surface area (Å²) in [6.45, 7) is 6.02. The van der Waals surface area contributed by atoms with Crippen molar-refractivity contribution in [1.29, 1.82) is 0 Å². The molecule has 0 fully saturated rings. The van der Waals surface area contributed by atoms with Crippen LogP contribution in [0.2, 0.25) is 0 Å². The van der Waals surface area contributed by atoms with E-state index in [9.17, 15) is 9.59 Å². The molecule has 1 aromatic carbocycles. The highest BCUT2D eigenvalue weighted by Crippen LogP contribution is 2.19. The van der Waals surface area contributed by atoms with Crippen LogP contribution in [0.5, 0.6) is 5.75 Å². The molecule has 126 valence electrons. The Morgan fingerprint density at radius 2 is 1.70 bits per heavy atom. The molecule has 0 atom stereocenters. The van der Waals surface area contributed by atoms with Gasteiger partial charge in [-0.3, -0.25) is 4.79 Å². The van der Waals surface area contributed by atoms with Crippen LogP contribution >= 0.6 is 0 Å². The first-order chi connectivity index (χ1) is 10.7. The molecule has 23 heavy (non-hydrogen) atoms. The summed E-state index contributed by atoms with van der Waals surface area (Å²) < 4.78 is 10.4. The van der Waals surface area contributed by atoms with Crippen LogP contribution in [0.4, 0.5) is 0 Å². The molecule has 0 aliphatic heterocycles. The Morgan fingerprint density at radius 3 is 2.17 bits per heavy atom. The molecule has 0 heterocycles. The van der Waals surface area contributed by atoms with E-state index in [1.807, 2.05) is 24.3 Å². The zero-order chi connectivity index (χ0) is 17.5. The van der Waals surface area contributed by atoms with Gasteiger partial charge >= 0.3 is 11.9 Å². The molecule has 0 saturated carbocycles.